The number of carbonyl (C=O) groups is 1. The Morgan fingerprint density at radius 1 is 1.10 bits per heavy atom. The first-order valence-corrected chi connectivity index (χ1v) is 11.5. The molecular weight excluding hydrogens is 407 g/mol. The fourth-order valence-electron chi connectivity index (χ4n) is 4.04. The average molecular weight is 433 g/mol. The van der Waals surface area contributed by atoms with Crippen molar-refractivity contribution >= 4 is 15.9 Å². The van der Waals surface area contributed by atoms with E-state index in [0.717, 1.165) is 18.2 Å². The lowest BCUT2D eigenvalue weighted by molar-refractivity contribution is -0.133. The summed E-state index contributed by atoms with van der Waals surface area (Å²) >= 11 is 0. The zero-order valence-corrected chi connectivity index (χ0v) is 17.7. The van der Waals surface area contributed by atoms with Gasteiger partial charge >= 0.3 is 0 Å². The standard InChI is InChI=1S/C21H25FN4O3S/c1-16-5-6-18(14-19(16)22)30(28,29)26-12-10-24(11-13-26)20-7-9-25(21(20)27)15-17-4-2-3-8-23-17/h2-6,8,14,20H,7,9-13,15H2,1H3. The summed E-state index contributed by atoms with van der Waals surface area (Å²) < 4.78 is 40.9. The van der Waals surface area contributed by atoms with Crippen molar-refractivity contribution in [3.63, 3.8) is 0 Å². The minimum atomic E-state index is -3.75. The van der Waals surface area contributed by atoms with Gasteiger partial charge in [-0.05, 0) is 43.2 Å². The van der Waals surface area contributed by atoms with Crippen molar-refractivity contribution in [3.8, 4) is 0 Å². The molecule has 1 atom stereocenters. The highest BCUT2D eigenvalue weighted by atomic mass is 32.2. The van der Waals surface area contributed by atoms with Crippen LogP contribution < -0.4 is 0 Å². The van der Waals surface area contributed by atoms with Gasteiger partial charge in [0.1, 0.15) is 5.82 Å². The molecule has 2 aliphatic heterocycles. The number of pyridine rings is 1. The van der Waals surface area contributed by atoms with E-state index in [-0.39, 0.29) is 29.9 Å². The van der Waals surface area contributed by atoms with E-state index in [1.807, 2.05) is 23.1 Å². The monoisotopic (exact) mass is 432 g/mol. The van der Waals surface area contributed by atoms with Crippen LogP contribution in [0.15, 0.2) is 47.5 Å². The van der Waals surface area contributed by atoms with Gasteiger partial charge in [0.05, 0.1) is 23.2 Å². The van der Waals surface area contributed by atoms with Gasteiger partial charge < -0.3 is 4.90 Å². The average Bonchev–Trinajstić information content (AvgIpc) is 3.11. The second-order valence-corrected chi connectivity index (χ2v) is 9.67. The van der Waals surface area contributed by atoms with Gasteiger partial charge in [0.15, 0.2) is 0 Å². The Hall–Kier alpha value is -2.36. The van der Waals surface area contributed by atoms with E-state index in [2.05, 4.69) is 9.88 Å². The van der Waals surface area contributed by atoms with Crippen LogP contribution in [0.4, 0.5) is 4.39 Å². The third-order valence-electron chi connectivity index (χ3n) is 5.84. The summed E-state index contributed by atoms with van der Waals surface area (Å²) in [6, 6.07) is 9.42. The fraction of sp³-hybridized carbons (Fsp3) is 0.429. The predicted octanol–water partition coefficient (Wildman–Crippen LogP) is 1.64. The molecule has 0 aliphatic carbocycles. The molecule has 9 heteroatoms. The summed E-state index contributed by atoms with van der Waals surface area (Å²) in [6.45, 7) is 4.26. The minimum Gasteiger partial charge on any atom is -0.335 e. The molecule has 0 saturated carbocycles. The van der Waals surface area contributed by atoms with Crippen LogP contribution in [-0.4, -0.2) is 72.2 Å². The van der Waals surface area contributed by atoms with Crippen LogP contribution >= 0.6 is 0 Å². The highest BCUT2D eigenvalue weighted by molar-refractivity contribution is 7.89. The number of benzene rings is 1. The molecule has 0 radical (unpaired) electrons. The Morgan fingerprint density at radius 2 is 1.87 bits per heavy atom. The zero-order valence-electron chi connectivity index (χ0n) is 16.9. The largest absolute Gasteiger partial charge is 0.335 e. The number of sulfonamides is 1. The Kier molecular flexibility index (Phi) is 5.86. The van der Waals surface area contributed by atoms with Crippen LogP contribution in [0, 0.1) is 12.7 Å². The van der Waals surface area contributed by atoms with Gasteiger partial charge in [0.2, 0.25) is 15.9 Å². The van der Waals surface area contributed by atoms with E-state index in [1.165, 1.54) is 16.4 Å². The maximum Gasteiger partial charge on any atom is 0.243 e. The first-order chi connectivity index (χ1) is 14.4. The molecule has 4 rings (SSSR count). The minimum absolute atomic E-state index is 0.0301. The molecule has 2 fully saturated rings. The first-order valence-electron chi connectivity index (χ1n) is 10.1. The maximum absolute atomic E-state index is 13.8. The third-order valence-corrected chi connectivity index (χ3v) is 7.74. The molecule has 160 valence electrons. The van der Waals surface area contributed by atoms with Gasteiger partial charge in [-0.3, -0.25) is 14.7 Å². The summed E-state index contributed by atoms with van der Waals surface area (Å²) in [5, 5.41) is 0. The Bertz CT molecular complexity index is 1020. The molecule has 2 aliphatic rings. The number of hydrogen-bond donors (Lipinski definition) is 0. The smallest absolute Gasteiger partial charge is 0.243 e. The number of amides is 1. The molecular formula is C21H25FN4O3S. The molecule has 1 amide bonds. The highest BCUT2D eigenvalue weighted by Crippen LogP contribution is 2.24. The summed E-state index contributed by atoms with van der Waals surface area (Å²) in [5.74, 6) is -0.461. The molecule has 2 saturated heterocycles. The Labute approximate surface area is 176 Å². The van der Waals surface area contributed by atoms with Crippen molar-refractivity contribution in [1.82, 2.24) is 19.1 Å². The van der Waals surface area contributed by atoms with Crippen LogP contribution in [0.1, 0.15) is 17.7 Å². The second kappa shape index (κ2) is 8.41. The summed E-state index contributed by atoms with van der Waals surface area (Å²) in [4.78, 5) is 21.0. The third kappa shape index (κ3) is 4.10. The number of nitrogens with zero attached hydrogens (tertiary/aromatic N) is 4. The van der Waals surface area contributed by atoms with Gasteiger partial charge in [-0.2, -0.15) is 4.31 Å². The Balaban J connectivity index is 1.37. The van der Waals surface area contributed by atoms with Crippen LogP contribution in [0.3, 0.4) is 0 Å². The molecule has 0 N–H and O–H groups in total. The quantitative estimate of drug-likeness (QED) is 0.718. The molecule has 0 bridgehead atoms. The highest BCUT2D eigenvalue weighted by Gasteiger charge is 2.39. The van der Waals surface area contributed by atoms with Crippen molar-refractivity contribution in [2.75, 3.05) is 32.7 Å². The number of rotatable bonds is 5. The van der Waals surface area contributed by atoms with E-state index in [4.69, 9.17) is 0 Å². The molecule has 30 heavy (non-hydrogen) atoms. The topological polar surface area (TPSA) is 73.8 Å². The van der Waals surface area contributed by atoms with Crippen molar-refractivity contribution in [2.24, 2.45) is 0 Å². The van der Waals surface area contributed by atoms with E-state index >= 15 is 0 Å². The van der Waals surface area contributed by atoms with Gasteiger partial charge in [0.25, 0.3) is 0 Å². The number of halogens is 1. The van der Waals surface area contributed by atoms with Crippen molar-refractivity contribution in [1.29, 1.82) is 0 Å². The van der Waals surface area contributed by atoms with E-state index in [1.54, 1.807) is 13.1 Å². The molecule has 3 heterocycles. The molecule has 1 aromatic heterocycles. The van der Waals surface area contributed by atoms with Crippen LogP contribution in [0.5, 0.6) is 0 Å². The summed E-state index contributed by atoms with van der Waals surface area (Å²) in [6.07, 6.45) is 2.44. The Morgan fingerprint density at radius 3 is 2.53 bits per heavy atom. The lowest BCUT2D eigenvalue weighted by Gasteiger charge is -2.36. The SMILES string of the molecule is Cc1ccc(S(=O)(=O)N2CCN(C3CCN(Cc4ccccn4)C3=O)CC2)cc1F. The molecule has 2 aromatic rings. The number of carbonyl (C=O) groups excluding carboxylic acids is 1. The lowest BCUT2D eigenvalue weighted by Crippen LogP contribution is -2.53. The summed E-state index contributed by atoms with van der Waals surface area (Å²) in [5.41, 5.74) is 1.27. The van der Waals surface area contributed by atoms with Crippen molar-refractivity contribution in [3.05, 3.63) is 59.7 Å². The van der Waals surface area contributed by atoms with Crippen molar-refractivity contribution in [2.45, 2.75) is 30.8 Å². The number of aromatic nitrogens is 1. The van der Waals surface area contributed by atoms with Gasteiger partial charge in [-0.25, -0.2) is 12.8 Å². The van der Waals surface area contributed by atoms with Gasteiger partial charge in [-0.1, -0.05) is 12.1 Å². The zero-order chi connectivity index (χ0) is 21.3. The second-order valence-electron chi connectivity index (χ2n) is 7.74. The van der Waals surface area contributed by atoms with E-state index < -0.39 is 15.8 Å². The van der Waals surface area contributed by atoms with Crippen LogP contribution in [0.2, 0.25) is 0 Å². The van der Waals surface area contributed by atoms with Crippen LogP contribution in [0.25, 0.3) is 0 Å². The summed E-state index contributed by atoms with van der Waals surface area (Å²) in [7, 11) is -3.75. The lowest BCUT2D eigenvalue weighted by atomic mass is 10.2. The molecule has 7 nitrogen and oxygen atoms in total. The molecule has 1 unspecified atom stereocenters. The predicted molar refractivity (Wildman–Crippen MR) is 110 cm³/mol. The van der Waals surface area contributed by atoms with Gasteiger partial charge in [-0.15, -0.1) is 0 Å². The van der Waals surface area contributed by atoms with Gasteiger partial charge in [0, 0.05) is 38.9 Å². The van der Waals surface area contributed by atoms with Crippen LogP contribution in [-0.2, 0) is 21.4 Å². The number of hydrogen-bond acceptors (Lipinski definition) is 5. The molecule has 1 aromatic carbocycles. The van der Waals surface area contributed by atoms with E-state index in [9.17, 15) is 17.6 Å². The van der Waals surface area contributed by atoms with E-state index in [0.29, 0.717) is 31.7 Å². The first kappa shape index (κ1) is 20.9. The normalized spacial score (nSPS) is 21.3. The molecule has 0 spiro atoms. The number of piperazine rings is 1. The maximum atomic E-state index is 13.8. The number of likely N-dealkylation sites (tertiary alicyclic amines) is 1. The number of aryl methyl sites for hydroxylation is 1. The van der Waals surface area contributed by atoms with Crippen molar-refractivity contribution < 1.29 is 17.6 Å². The fourth-order valence-corrected chi connectivity index (χ4v) is 5.48.